The smallest absolute Gasteiger partial charge is 0.260 e. The number of hydrogen-bond acceptors (Lipinski definition) is 8. The monoisotopic (exact) mass is 471 g/mol. The normalized spacial score (nSPS) is 14.7. The lowest BCUT2D eigenvalue weighted by Gasteiger charge is -2.38. The third-order valence-corrected chi connectivity index (χ3v) is 6.84. The van der Waals surface area contributed by atoms with Gasteiger partial charge in [0, 0.05) is 23.0 Å². The Labute approximate surface area is 199 Å². The van der Waals surface area contributed by atoms with Crippen molar-refractivity contribution in [3.63, 3.8) is 0 Å². The molecule has 33 heavy (non-hydrogen) atoms. The van der Waals surface area contributed by atoms with E-state index in [2.05, 4.69) is 40.5 Å². The van der Waals surface area contributed by atoms with Crippen LogP contribution in [0.15, 0.2) is 40.3 Å². The molecule has 1 aromatic heterocycles. The van der Waals surface area contributed by atoms with Crippen LogP contribution in [-0.4, -0.2) is 51.3 Å². The number of hydrazine groups is 1. The summed E-state index contributed by atoms with van der Waals surface area (Å²) in [5.41, 5.74) is 2.10. The summed E-state index contributed by atoms with van der Waals surface area (Å²) in [5, 5.41) is 8.07. The van der Waals surface area contributed by atoms with E-state index in [1.807, 2.05) is 26.0 Å². The Hall–Kier alpha value is -2.82. The summed E-state index contributed by atoms with van der Waals surface area (Å²) in [5.74, 6) is 12.5. The van der Waals surface area contributed by atoms with Crippen LogP contribution in [0, 0.1) is 0 Å². The summed E-state index contributed by atoms with van der Waals surface area (Å²) in [6.45, 7) is 11.3. The minimum absolute atomic E-state index is 0.0180. The number of carbonyl (C=O) groups is 1. The van der Waals surface area contributed by atoms with Crippen molar-refractivity contribution in [1.29, 1.82) is 0 Å². The average Bonchev–Trinajstić information content (AvgIpc) is 2.77. The van der Waals surface area contributed by atoms with E-state index in [9.17, 15) is 4.79 Å². The number of benzene rings is 1. The molecule has 1 amide bonds. The van der Waals surface area contributed by atoms with Crippen molar-refractivity contribution >= 4 is 29.5 Å². The predicted octanol–water partition coefficient (Wildman–Crippen LogP) is 3.21. The van der Waals surface area contributed by atoms with Crippen LogP contribution in [0.25, 0.3) is 0 Å². The lowest BCUT2D eigenvalue weighted by atomic mass is 10.0. The lowest BCUT2D eigenvalue weighted by molar-refractivity contribution is 0.102. The fraction of sp³-hybridized carbons (Fsp3) is 0.435. The van der Waals surface area contributed by atoms with Gasteiger partial charge in [-0.05, 0) is 82.8 Å². The zero-order valence-corrected chi connectivity index (χ0v) is 20.9. The molecule has 2 aromatic rings. The predicted molar refractivity (Wildman–Crippen MR) is 133 cm³/mol. The molecule has 0 aliphatic carbocycles. The largest absolute Gasteiger partial charge is 0.496 e. The first kappa shape index (κ1) is 24.8. The molecule has 178 valence electrons. The van der Waals surface area contributed by atoms with Gasteiger partial charge in [0.2, 0.25) is 0 Å². The van der Waals surface area contributed by atoms with Gasteiger partial charge in [-0.1, -0.05) is 6.07 Å². The molecule has 0 radical (unpaired) electrons. The second-order valence-corrected chi connectivity index (χ2v) is 10.2. The van der Waals surface area contributed by atoms with Gasteiger partial charge < -0.3 is 15.9 Å². The van der Waals surface area contributed by atoms with Gasteiger partial charge in [-0.25, -0.2) is 15.1 Å². The van der Waals surface area contributed by atoms with Crippen molar-refractivity contribution in [2.24, 2.45) is 16.8 Å². The summed E-state index contributed by atoms with van der Waals surface area (Å²) in [6, 6.07) is 9.02. The Morgan fingerprint density at radius 1 is 1.33 bits per heavy atom. The van der Waals surface area contributed by atoms with Crippen molar-refractivity contribution in [2.45, 2.75) is 57.5 Å². The molecular weight excluding hydrogens is 438 g/mol. The van der Waals surface area contributed by atoms with Gasteiger partial charge in [0.05, 0.1) is 12.7 Å². The highest BCUT2D eigenvalue weighted by molar-refractivity contribution is 7.97. The van der Waals surface area contributed by atoms with Gasteiger partial charge >= 0.3 is 0 Å². The van der Waals surface area contributed by atoms with Gasteiger partial charge in [0.15, 0.2) is 5.84 Å². The van der Waals surface area contributed by atoms with Gasteiger partial charge in [-0.2, -0.15) is 5.10 Å². The SMILES string of the molecule is COc1cc2c(cc1C(=O)Nc1cccc(/C(=N/N)N(N)C(C)C)n1)SN(C(C)(C)C)CC2. The molecule has 0 atom stereocenters. The second-order valence-electron chi connectivity index (χ2n) is 9.09. The maximum atomic E-state index is 13.2. The molecule has 0 spiro atoms. The van der Waals surface area contributed by atoms with Crippen molar-refractivity contribution in [3.8, 4) is 5.75 Å². The quantitative estimate of drug-likeness (QED) is 0.200. The van der Waals surface area contributed by atoms with E-state index in [0.717, 1.165) is 17.9 Å². The minimum Gasteiger partial charge on any atom is -0.496 e. The number of amidine groups is 1. The molecule has 1 aliphatic rings. The molecular formula is C23H33N7O2S. The number of hydrazone groups is 1. The van der Waals surface area contributed by atoms with E-state index in [0.29, 0.717) is 28.7 Å². The zero-order chi connectivity index (χ0) is 24.3. The molecule has 1 aliphatic heterocycles. The van der Waals surface area contributed by atoms with Crippen LogP contribution >= 0.6 is 11.9 Å². The van der Waals surface area contributed by atoms with Gasteiger partial charge in [-0.15, -0.1) is 0 Å². The minimum atomic E-state index is -0.313. The number of ether oxygens (including phenoxy) is 1. The second kappa shape index (κ2) is 9.98. The van der Waals surface area contributed by atoms with Crippen molar-refractivity contribution in [1.82, 2.24) is 14.3 Å². The first-order chi connectivity index (χ1) is 15.5. The summed E-state index contributed by atoms with van der Waals surface area (Å²) >= 11 is 1.67. The average molecular weight is 472 g/mol. The summed E-state index contributed by atoms with van der Waals surface area (Å²) < 4.78 is 7.87. The molecule has 0 saturated carbocycles. The molecule has 5 N–H and O–H groups in total. The van der Waals surface area contributed by atoms with E-state index in [1.165, 1.54) is 10.6 Å². The van der Waals surface area contributed by atoms with Crippen LogP contribution in [0.3, 0.4) is 0 Å². The molecule has 3 rings (SSSR count). The molecule has 10 heteroatoms. The topological polar surface area (TPSA) is 122 Å². The van der Waals surface area contributed by atoms with Crippen LogP contribution in [0.2, 0.25) is 0 Å². The Bertz CT molecular complexity index is 1050. The maximum absolute atomic E-state index is 13.2. The first-order valence-corrected chi connectivity index (χ1v) is 11.6. The number of nitrogens with zero attached hydrogens (tertiary/aromatic N) is 4. The van der Waals surface area contributed by atoms with Crippen molar-refractivity contribution < 1.29 is 9.53 Å². The molecule has 0 saturated heterocycles. The number of amides is 1. The lowest BCUT2D eigenvalue weighted by Crippen LogP contribution is -2.44. The van der Waals surface area contributed by atoms with Gasteiger partial charge in [0.25, 0.3) is 5.91 Å². The number of fused-ring (bicyclic) bond motifs is 1. The third-order valence-electron chi connectivity index (χ3n) is 5.31. The Morgan fingerprint density at radius 2 is 2.06 bits per heavy atom. The van der Waals surface area contributed by atoms with E-state index in [1.54, 1.807) is 37.3 Å². The molecule has 2 heterocycles. The number of nitrogens with one attached hydrogen (secondary N) is 1. The number of rotatable bonds is 5. The molecule has 0 bridgehead atoms. The van der Waals surface area contributed by atoms with Crippen LogP contribution in [0.4, 0.5) is 5.82 Å². The number of aromatic nitrogens is 1. The number of pyridine rings is 1. The number of nitrogens with two attached hydrogens (primary N) is 2. The highest BCUT2D eigenvalue weighted by atomic mass is 32.2. The van der Waals surface area contributed by atoms with Gasteiger partial charge in [-0.3, -0.25) is 9.80 Å². The summed E-state index contributed by atoms with van der Waals surface area (Å²) in [7, 11) is 1.57. The fourth-order valence-corrected chi connectivity index (χ4v) is 4.55. The number of methoxy groups -OCH3 is 1. The molecule has 1 aromatic carbocycles. The Kier molecular flexibility index (Phi) is 7.51. The molecule has 0 fully saturated rings. The van der Waals surface area contributed by atoms with Crippen LogP contribution in [-0.2, 0) is 6.42 Å². The van der Waals surface area contributed by atoms with Gasteiger partial charge in [0.1, 0.15) is 17.3 Å². The van der Waals surface area contributed by atoms with Crippen LogP contribution < -0.4 is 21.7 Å². The van der Waals surface area contributed by atoms with E-state index >= 15 is 0 Å². The Morgan fingerprint density at radius 3 is 2.67 bits per heavy atom. The summed E-state index contributed by atoms with van der Waals surface area (Å²) in [4.78, 5) is 18.7. The highest BCUT2D eigenvalue weighted by Gasteiger charge is 2.29. The molecule has 0 unspecified atom stereocenters. The first-order valence-electron chi connectivity index (χ1n) is 10.8. The number of carbonyl (C=O) groups excluding carboxylic acids is 1. The fourth-order valence-electron chi connectivity index (χ4n) is 3.41. The third kappa shape index (κ3) is 5.58. The van der Waals surface area contributed by atoms with E-state index in [-0.39, 0.29) is 17.5 Å². The van der Waals surface area contributed by atoms with Crippen molar-refractivity contribution in [2.75, 3.05) is 19.0 Å². The highest BCUT2D eigenvalue weighted by Crippen LogP contribution is 2.39. The van der Waals surface area contributed by atoms with Crippen molar-refractivity contribution in [3.05, 3.63) is 47.2 Å². The summed E-state index contributed by atoms with van der Waals surface area (Å²) in [6.07, 6.45) is 0.897. The standard InChI is InChI=1S/C23H33N7O2S/c1-14(2)30(25)21(28-24)17-8-7-9-20(26-17)27-22(31)16-13-19-15(12-18(16)32-6)10-11-29(33-19)23(3,4)5/h7-9,12-14H,10-11,24-25H2,1-6H3,(H,26,27,31)/b28-21-. The van der Waals surface area contributed by atoms with Crippen LogP contribution in [0.5, 0.6) is 5.75 Å². The number of hydrogen-bond donors (Lipinski definition) is 3. The van der Waals surface area contributed by atoms with Crippen LogP contribution in [0.1, 0.15) is 56.2 Å². The maximum Gasteiger partial charge on any atom is 0.260 e. The zero-order valence-electron chi connectivity index (χ0n) is 20.0. The number of anilines is 1. The van der Waals surface area contributed by atoms with E-state index in [4.69, 9.17) is 16.4 Å². The Balaban J connectivity index is 1.88. The van der Waals surface area contributed by atoms with E-state index < -0.39 is 0 Å². The molecule has 9 nitrogen and oxygen atoms in total.